The molecule has 0 aliphatic rings. The van der Waals surface area contributed by atoms with Crippen molar-refractivity contribution in [3.05, 3.63) is 18.2 Å². The fourth-order valence-corrected chi connectivity index (χ4v) is 2.17. The molecule has 0 unspecified atom stereocenters. The molecule has 9 N–H and O–H groups in total. The Labute approximate surface area is 149 Å². The smallest absolute Gasteiger partial charge is 0.412 e. The van der Waals surface area contributed by atoms with Gasteiger partial charge in [-0.25, -0.2) is 19.9 Å². The topological polar surface area (TPSA) is 205 Å². The lowest BCUT2D eigenvalue weighted by atomic mass is 10.1. The van der Waals surface area contributed by atoms with E-state index in [-0.39, 0.29) is 6.42 Å². The number of carbonyl (C=O) groups is 4. The number of unbranched alkanes of at least 4 members (excludes halogenated alkanes) is 1. The van der Waals surface area contributed by atoms with Gasteiger partial charge in [0.15, 0.2) is 0 Å². The lowest BCUT2D eigenvalue weighted by Gasteiger charge is -2.21. The van der Waals surface area contributed by atoms with Gasteiger partial charge in [-0.1, -0.05) is 0 Å². The van der Waals surface area contributed by atoms with Crippen LogP contribution in [-0.2, 0) is 16.0 Å². The molecule has 1 heterocycles. The maximum Gasteiger partial charge on any atom is 0.412 e. The molecule has 0 saturated heterocycles. The molecular weight excluding hydrogens is 346 g/mol. The second-order valence-corrected chi connectivity index (χ2v) is 5.49. The first-order chi connectivity index (χ1) is 12.3. The number of nitrogens with two attached hydrogens (primary N) is 2. The van der Waals surface area contributed by atoms with Crippen LogP contribution in [0, 0.1) is 0 Å². The van der Waals surface area contributed by atoms with E-state index < -0.39 is 36.0 Å². The SMILES string of the molecule is NCCCC[C@H](NC(=O)[C@H](Cc1cnc[nH]1)NC(=O)NC(=O)O)C(N)=O. The molecule has 0 saturated carbocycles. The van der Waals surface area contributed by atoms with Gasteiger partial charge in [0, 0.05) is 18.3 Å². The van der Waals surface area contributed by atoms with Crippen LogP contribution in [0.5, 0.6) is 0 Å². The van der Waals surface area contributed by atoms with Gasteiger partial charge in [0.1, 0.15) is 12.1 Å². The van der Waals surface area contributed by atoms with E-state index in [1.807, 2.05) is 0 Å². The van der Waals surface area contributed by atoms with Crippen molar-refractivity contribution in [3.63, 3.8) is 0 Å². The predicted octanol–water partition coefficient (Wildman–Crippen LogP) is -1.60. The van der Waals surface area contributed by atoms with Gasteiger partial charge in [-0.2, -0.15) is 0 Å². The largest absolute Gasteiger partial charge is 0.465 e. The average molecular weight is 369 g/mol. The summed E-state index contributed by atoms with van der Waals surface area (Å²) in [6.07, 6.45) is 2.83. The van der Waals surface area contributed by atoms with Gasteiger partial charge in [0.2, 0.25) is 11.8 Å². The van der Waals surface area contributed by atoms with Gasteiger partial charge < -0.3 is 32.2 Å². The summed E-state index contributed by atoms with van der Waals surface area (Å²) in [4.78, 5) is 52.7. The van der Waals surface area contributed by atoms with Crippen LogP contribution in [0.1, 0.15) is 25.0 Å². The Morgan fingerprint density at radius 2 is 1.92 bits per heavy atom. The van der Waals surface area contributed by atoms with Crippen molar-refractivity contribution in [2.45, 2.75) is 37.8 Å². The average Bonchev–Trinajstić information content (AvgIpc) is 3.05. The number of aromatic nitrogens is 2. The number of carboxylic acid groups (broad SMARTS) is 1. The van der Waals surface area contributed by atoms with Gasteiger partial charge in [0.05, 0.1) is 6.33 Å². The first kappa shape index (κ1) is 20.9. The van der Waals surface area contributed by atoms with Crippen molar-refractivity contribution in [1.29, 1.82) is 0 Å². The summed E-state index contributed by atoms with van der Waals surface area (Å²) in [5.41, 5.74) is 11.2. The Morgan fingerprint density at radius 1 is 1.19 bits per heavy atom. The monoisotopic (exact) mass is 369 g/mol. The first-order valence-electron chi connectivity index (χ1n) is 7.91. The summed E-state index contributed by atoms with van der Waals surface area (Å²) < 4.78 is 0. The highest BCUT2D eigenvalue weighted by Crippen LogP contribution is 2.03. The molecule has 0 radical (unpaired) electrons. The molecular formula is C14H23N7O5. The molecule has 144 valence electrons. The highest BCUT2D eigenvalue weighted by molar-refractivity contribution is 5.94. The number of amides is 5. The van der Waals surface area contributed by atoms with Crippen molar-refractivity contribution >= 4 is 23.9 Å². The van der Waals surface area contributed by atoms with Crippen LogP contribution < -0.4 is 27.4 Å². The second-order valence-electron chi connectivity index (χ2n) is 5.49. The van der Waals surface area contributed by atoms with Gasteiger partial charge in [-0.05, 0) is 25.8 Å². The van der Waals surface area contributed by atoms with Crippen molar-refractivity contribution in [1.82, 2.24) is 25.9 Å². The highest BCUT2D eigenvalue weighted by Gasteiger charge is 2.26. The maximum absolute atomic E-state index is 12.5. The van der Waals surface area contributed by atoms with Crippen LogP contribution in [0.25, 0.3) is 0 Å². The van der Waals surface area contributed by atoms with Gasteiger partial charge in [-0.3, -0.25) is 9.59 Å². The third kappa shape index (κ3) is 7.61. The molecule has 0 aliphatic carbocycles. The molecule has 1 aromatic rings. The van der Waals surface area contributed by atoms with E-state index in [0.29, 0.717) is 31.5 Å². The summed E-state index contributed by atoms with van der Waals surface area (Å²) >= 11 is 0. The minimum atomic E-state index is -1.57. The van der Waals surface area contributed by atoms with Crippen LogP contribution in [0.15, 0.2) is 12.5 Å². The number of H-pyrrole nitrogens is 1. The summed E-state index contributed by atoms with van der Waals surface area (Å²) in [5, 5.41) is 14.9. The molecule has 0 fully saturated rings. The number of aromatic amines is 1. The van der Waals surface area contributed by atoms with E-state index in [2.05, 4.69) is 20.6 Å². The molecule has 5 amide bonds. The molecule has 0 aliphatic heterocycles. The van der Waals surface area contributed by atoms with Gasteiger partial charge in [0.25, 0.3) is 0 Å². The number of rotatable bonds is 10. The fraction of sp³-hybridized carbons (Fsp3) is 0.500. The lowest BCUT2D eigenvalue weighted by molar-refractivity contribution is -0.128. The molecule has 26 heavy (non-hydrogen) atoms. The third-order valence-corrected chi connectivity index (χ3v) is 3.43. The Balaban J connectivity index is 2.78. The number of nitrogens with one attached hydrogen (secondary N) is 4. The Bertz CT molecular complexity index is 619. The number of hydrogen-bond acceptors (Lipinski definition) is 6. The molecule has 0 aromatic carbocycles. The van der Waals surface area contributed by atoms with Crippen LogP contribution in [0.2, 0.25) is 0 Å². The summed E-state index contributed by atoms with van der Waals surface area (Å²) in [6, 6.07) is -3.15. The highest BCUT2D eigenvalue weighted by atomic mass is 16.4. The molecule has 12 heteroatoms. The van der Waals surface area contributed by atoms with E-state index in [0.717, 1.165) is 0 Å². The van der Waals surface area contributed by atoms with E-state index in [1.54, 1.807) is 5.32 Å². The number of imide groups is 1. The van der Waals surface area contributed by atoms with Gasteiger partial charge >= 0.3 is 12.1 Å². The van der Waals surface area contributed by atoms with Gasteiger partial charge in [-0.15, -0.1) is 0 Å². The Morgan fingerprint density at radius 3 is 2.46 bits per heavy atom. The van der Waals surface area contributed by atoms with E-state index >= 15 is 0 Å². The fourth-order valence-electron chi connectivity index (χ4n) is 2.17. The predicted molar refractivity (Wildman–Crippen MR) is 89.8 cm³/mol. The number of primary amides is 1. The number of urea groups is 1. The van der Waals surface area contributed by atoms with Crippen molar-refractivity contribution in [2.24, 2.45) is 11.5 Å². The standard InChI is InChI=1S/C14H23N7O5/c15-4-2-1-3-9(11(16)22)19-12(23)10(5-8-6-17-7-18-8)20-13(24)21-14(25)26/h6-7,9-10H,1-5,15H2,(H2,16,22)(H,17,18)(H,19,23)(H,25,26)(H2,20,21,24)/t9-,10-/m0/s1. The van der Waals surface area contributed by atoms with Crippen molar-refractivity contribution < 1.29 is 24.3 Å². The third-order valence-electron chi connectivity index (χ3n) is 3.43. The van der Waals surface area contributed by atoms with Crippen molar-refractivity contribution in [2.75, 3.05) is 6.54 Å². The normalized spacial score (nSPS) is 12.7. The minimum Gasteiger partial charge on any atom is -0.465 e. The van der Waals surface area contributed by atoms with Crippen LogP contribution >= 0.6 is 0 Å². The number of imidazole rings is 1. The van der Waals surface area contributed by atoms with Crippen LogP contribution in [-0.4, -0.2) is 57.6 Å². The van der Waals surface area contributed by atoms with E-state index in [9.17, 15) is 19.2 Å². The van der Waals surface area contributed by atoms with Crippen LogP contribution in [0.3, 0.4) is 0 Å². The lowest BCUT2D eigenvalue weighted by Crippen LogP contribution is -2.55. The summed E-state index contributed by atoms with van der Waals surface area (Å²) in [5.74, 6) is -1.40. The molecule has 1 rings (SSSR count). The maximum atomic E-state index is 12.5. The first-order valence-corrected chi connectivity index (χ1v) is 7.91. The molecule has 0 spiro atoms. The quantitative estimate of drug-likeness (QED) is 0.240. The van der Waals surface area contributed by atoms with Crippen LogP contribution in [0.4, 0.5) is 9.59 Å². The summed E-state index contributed by atoms with van der Waals surface area (Å²) in [6.45, 7) is 0.443. The zero-order chi connectivity index (χ0) is 19.5. The Hall–Kier alpha value is -3.15. The zero-order valence-corrected chi connectivity index (χ0v) is 14.0. The van der Waals surface area contributed by atoms with E-state index in [4.69, 9.17) is 16.6 Å². The summed E-state index contributed by atoms with van der Waals surface area (Å²) in [7, 11) is 0. The number of hydrogen-bond donors (Lipinski definition) is 7. The molecule has 0 bridgehead atoms. The zero-order valence-electron chi connectivity index (χ0n) is 14.0. The Kier molecular flexibility index (Phi) is 8.57. The molecule has 12 nitrogen and oxygen atoms in total. The molecule has 1 aromatic heterocycles. The van der Waals surface area contributed by atoms with Crippen molar-refractivity contribution in [3.8, 4) is 0 Å². The number of nitrogens with zero attached hydrogens (tertiary/aromatic N) is 1. The minimum absolute atomic E-state index is 0.00710. The van der Waals surface area contributed by atoms with E-state index in [1.165, 1.54) is 12.5 Å². The second kappa shape index (κ2) is 10.7. The number of carbonyl (C=O) groups excluding carboxylic acids is 3. The molecule has 2 atom stereocenters.